The molecule has 1 unspecified atom stereocenters. The Kier molecular flexibility index (Phi) is 7.24. The van der Waals surface area contributed by atoms with Gasteiger partial charge in [-0.25, -0.2) is 0 Å². The van der Waals surface area contributed by atoms with Gasteiger partial charge in [-0.15, -0.1) is 0 Å². The number of amides is 2. The minimum Gasteiger partial charge on any atom is -0.507 e. The first kappa shape index (κ1) is 26.0. The van der Waals surface area contributed by atoms with Crippen molar-refractivity contribution in [2.75, 3.05) is 26.8 Å². The number of carbonyl (C=O) groups is 2. The number of phenols is 1. The van der Waals surface area contributed by atoms with Crippen molar-refractivity contribution in [1.29, 1.82) is 0 Å². The Morgan fingerprint density at radius 3 is 2.73 bits per heavy atom. The van der Waals surface area contributed by atoms with E-state index in [9.17, 15) is 14.7 Å². The number of phenolic OH excluding ortho intramolecular Hbond substituents is 1. The summed E-state index contributed by atoms with van der Waals surface area (Å²) in [5.41, 5.74) is 3.19. The van der Waals surface area contributed by atoms with Gasteiger partial charge in [0.2, 0.25) is 5.91 Å². The molecular weight excluding hydrogens is 508 g/mol. The van der Waals surface area contributed by atoms with E-state index in [1.54, 1.807) is 13.2 Å². The highest BCUT2D eigenvalue weighted by atomic mass is 16.5. The van der Waals surface area contributed by atoms with Gasteiger partial charge in [-0.3, -0.25) is 9.59 Å². The Hall–Kier alpha value is -4.20. The maximum atomic E-state index is 13.8. The average Bonchev–Trinajstić information content (AvgIpc) is 3.51. The van der Waals surface area contributed by atoms with E-state index >= 15 is 0 Å². The Bertz CT molecular complexity index is 1430. The van der Waals surface area contributed by atoms with Crippen LogP contribution in [0.4, 0.5) is 0 Å². The number of hydrogen-bond acceptors (Lipinski definition) is 6. The molecule has 208 valence electrons. The van der Waals surface area contributed by atoms with Crippen molar-refractivity contribution in [2.24, 2.45) is 5.92 Å². The van der Waals surface area contributed by atoms with Crippen molar-refractivity contribution < 1.29 is 28.9 Å². The molecule has 3 heterocycles. The molecule has 8 heteroatoms. The molecule has 0 aromatic heterocycles. The molecule has 0 saturated heterocycles. The van der Waals surface area contributed by atoms with E-state index in [1.165, 1.54) is 12.1 Å². The molecule has 2 N–H and O–H groups in total. The molecule has 8 bridgehead atoms. The average molecular weight is 543 g/mol. The maximum absolute atomic E-state index is 13.8. The van der Waals surface area contributed by atoms with Gasteiger partial charge in [0, 0.05) is 19.0 Å². The minimum atomic E-state index is -0.390. The molecule has 4 aliphatic rings. The number of carbonyl (C=O) groups excluding carboxylic acids is 2. The van der Waals surface area contributed by atoms with Gasteiger partial charge in [-0.1, -0.05) is 25.0 Å². The lowest BCUT2D eigenvalue weighted by atomic mass is 9.86. The Morgan fingerprint density at radius 2 is 1.90 bits per heavy atom. The monoisotopic (exact) mass is 542 g/mol. The zero-order valence-electron chi connectivity index (χ0n) is 22.7. The van der Waals surface area contributed by atoms with Crippen LogP contribution in [0.3, 0.4) is 0 Å². The standard InChI is InChI=1S/C32H34N2O6/c1-38-28-19-25-21-12-14-34(32(37)20-6-2-3-7-20)30(25)22-8-4-9-23(16-22)39-15-5-13-33-31(36)26-18-24(10-11-27(26)35)40-29(28)17-21/h4,8-11,16-20,30,35H,2-3,5-7,12-15H2,1H3,(H,33,36). The Balaban J connectivity index is 1.47. The summed E-state index contributed by atoms with van der Waals surface area (Å²) >= 11 is 0. The third-order valence-electron chi connectivity index (χ3n) is 8.13. The van der Waals surface area contributed by atoms with Gasteiger partial charge in [-0.2, -0.15) is 0 Å². The number of methoxy groups -OCH3 is 1. The second kappa shape index (κ2) is 11.1. The van der Waals surface area contributed by atoms with E-state index in [0.717, 1.165) is 42.4 Å². The second-order valence-corrected chi connectivity index (χ2v) is 10.7. The summed E-state index contributed by atoms with van der Waals surface area (Å²) in [6.45, 7) is 1.39. The van der Waals surface area contributed by atoms with Gasteiger partial charge in [0.25, 0.3) is 5.91 Å². The smallest absolute Gasteiger partial charge is 0.255 e. The number of ether oxygens (including phenoxy) is 3. The number of hydrogen-bond donors (Lipinski definition) is 2. The zero-order chi connectivity index (χ0) is 27.6. The summed E-state index contributed by atoms with van der Waals surface area (Å²) in [5, 5.41) is 13.2. The van der Waals surface area contributed by atoms with E-state index in [0.29, 0.717) is 55.5 Å². The highest BCUT2D eigenvalue weighted by Gasteiger charge is 2.37. The molecule has 8 nitrogen and oxygen atoms in total. The van der Waals surface area contributed by atoms with Crippen molar-refractivity contribution in [3.05, 3.63) is 76.9 Å². The van der Waals surface area contributed by atoms with E-state index in [2.05, 4.69) is 11.4 Å². The van der Waals surface area contributed by atoms with E-state index < -0.39 is 5.91 Å². The number of fused-ring (bicyclic) bond motifs is 6. The topological polar surface area (TPSA) is 97.3 Å². The fourth-order valence-corrected chi connectivity index (χ4v) is 6.09. The molecule has 40 heavy (non-hydrogen) atoms. The highest BCUT2D eigenvalue weighted by molar-refractivity contribution is 5.97. The third-order valence-corrected chi connectivity index (χ3v) is 8.13. The predicted molar refractivity (Wildman–Crippen MR) is 149 cm³/mol. The fraction of sp³-hybridized carbons (Fsp3) is 0.375. The highest BCUT2D eigenvalue weighted by Crippen LogP contribution is 2.44. The fourth-order valence-electron chi connectivity index (χ4n) is 6.09. The lowest BCUT2D eigenvalue weighted by Crippen LogP contribution is -2.43. The lowest BCUT2D eigenvalue weighted by molar-refractivity contribution is -0.137. The van der Waals surface area contributed by atoms with Crippen molar-refractivity contribution in [3.8, 4) is 28.7 Å². The van der Waals surface area contributed by atoms with Crippen LogP contribution in [0.25, 0.3) is 0 Å². The normalized spacial score (nSPS) is 19.2. The number of nitrogens with one attached hydrogen (secondary N) is 1. The summed E-state index contributed by atoms with van der Waals surface area (Å²) < 4.78 is 18.1. The molecule has 3 aromatic carbocycles. The van der Waals surface area contributed by atoms with Crippen molar-refractivity contribution in [3.63, 3.8) is 0 Å². The molecule has 7 rings (SSSR count). The third kappa shape index (κ3) is 5.06. The van der Waals surface area contributed by atoms with Gasteiger partial charge in [0.15, 0.2) is 11.5 Å². The predicted octanol–water partition coefficient (Wildman–Crippen LogP) is 5.37. The van der Waals surface area contributed by atoms with E-state index in [1.807, 2.05) is 35.2 Å². The minimum absolute atomic E-state index is 0.0671. The quantitative estimate of drug-likeness (QED) is 0.452. The van der Waals surface area contributed by atoms with Crippen LogP contribution in [0.5, 0.6) is 28.7 Å². The SMILES string of the molecule is COc1cc2c3cc1Oc1ccc(O)c(c1)C(=O)NCCCOc1cccc(c1)C2N(C(=O)C1CCCC1)CC3. The lowest BCUT2D eigenvalue weighted by Gasteiger charge is -2.39. The Morgan fingerprint density at radius 1 is 1.05 bits per heavy atom. The molecule has 0 spiro atoms. The van der Waals surface area contributed by atoms with Crippen LogP contribution in [-0.4, -0.2) is 48.6 Å². The number of rotatable bonds is 2. The van der Waals surface area contributed by atoms with Crippen LogP contribution in [-0.2, 0) is 11.2 Å². The zero-order valence-corrected chi connectivity index (χ0v) is 22.7. The summed E-state index contributed by atoms with van der Waals surface area (Å²) in [5.74, 6) is 1.91. The summed E-state index contributed by atoms with van der Waals surface area (Å²) in [6.07, 6.45) is 5.36. The molecule has 3 aromatic rings. The van der Waals surface area contributed by atoms with Crippen LogP contribution in [0, 0.1) is 5.92 Å². The van der Waals surface area contributed by atoms with Gasteiger partial charge in [-0.05, 0) is 84.8 Å². The molecule has 2 amide bonds. The second-order valence-electron chi connectivity index (χ2n) is 10.7. The molecular formula is C32H34N2O6. The first-order chi connectivity index (χ1) is 19.5. The van der Waals surface area contributed by atoms with Crippen LogP contribution >= 0.6 is 0 Å². The molecule has 0 radical (unpaired) electrons. The molecule has 1 aliphatic carbocycles. The van der Waals surface area contributed by atoms with Gasteiger partial charge < -0.3 is 29.5 Å². The number of nitrogens with zero attached hydrogens (tertiary/aromatic N) is 1. The number of benzene rings is 3. The van der Waals surface area contributed by atoms with E-state index in [-0.39, 0.29) is 29.2 Å². The molecule has 3 aliphatic heterocycles. The summed E-state index contributed by atoms with van der Waals surface area (Å²) in [6, 6.07) is 16.2. The van der Waals surface area contributed by atoms with Gasteiger partial charge >= 0.3 is 0 Å². The van der Waals surface area contributed by atoms with Crippen LogP contribution in [0.1, 0.15) is 65.2 Å². The van der Waals surface area contributed by atoms with Crippen LogP contribution in [0.15, 0.2) is 54.6 Å². The van der Waals surface area contributed by atoms with Crippen molar-refractivity contribution in [1.82, 2.24) is 10.2 Å². The van der Waals surface area contributed by atoms with Gasteiger partial charge in [0.1, 0.15) is 17.2 Å². The Labute approximate surface area is 233 Å². The van der Waals surface area contributed by atoms with Gasteiger partial charge in [0.05, 0.1) is 25.3 Å². The van der Waals surface area contributed by atoms with E-state index in [4.69, 9.17) is 14.2 Å². The van der Waals surface area contributed by atoms with Crippen molar-refractivity contribution in [2.45, 2.75) is 44.6 Å². The molecule has 1 saturated carbocycles. The maximum Gasteiger partial charge on any atom is 0.255 e. The van der Waals surface area contributed by atoms with Crippen LogP contribution < -0.4 is 19.5 Å². The summed E-state index contributed by atoms with van der Waals surface area (Å²) in [4.78, 5) is 28.6. The number of aromatic hydroxyl groups is 1. The molecule has 1 fully saturated rings. The largest absolute Gasteiger partial charge is 0.507 e. The first-order valence-electron chi connectivity index (χ1n) is 14.0. The van der Waals surface area contributed by atoms with Crippen molar-refractivity contribution >= 4 is 11.8 Å². The van der Waals surface area contributed by atoms with Crippen LogP contribution in [0.2, 0.25) is 0 Å². The molecule has 1 atom stereocenters. The first-order valence-corrected chi connectivity index (χ1v) is 14.0. The summed E-state index contributed by atoms with van der Waals surface area (Å²) in [7, 11) is 1.59.